The summed E-state index contributed by atoms with van der Waals surface area (Å²) in [6.45, 7) is 4.44. The van der Waals surface area contributed by atoms with Crippen molar-refractivity contribution in [2.45, 2.75) is 45.2 Å². The molecule has 0 radical (unpaired) electrons. The monoisotopic (exact) mass is 299 g/mol. The highest BCUT2D eigenvalue weighted by molar-refractivity contribution is 9.10. The molecule has 0 saturated heterocycles. The minimum atomic E-state index is -0.193. The second-order valence-corrected chi connectivity index (χ2v) is 5.92. The number of rotatable bonds is 3. The number of benzene rings is 1. The first-order chi connectivity index (χ1) is 8.08. The second-order valence-electron chi connectivity index (χ2n) is 5.07. The summed E-state index contributed by atoms with van der Waals surface area (Å²) in [5.41, 5.74) is 1.13. The maximum absolute atomic E-state index is 13.0. The summed E-state index contributed by atoms with van der Waals surface area (Å²) in [5.74, 6) is 0.554. The van der Waals surface area contributed by atoms with Gasteiger partial charge in [0.15, 0.2) is 0 Å². The topological polar surface area (TPSA) is 12.0 Å². The molecule has 3 heteroatoms. The van der Waals surface area contributed by atoms with Crippen LogP contribution in [0.5, 0.6) is 0 Å². The molecule has 0 spiro atoms. The van der Waals surface area contributed by atoms with E-state index in [2.05, 4.69) is 35.1 Å². The number of hydrogen-bond acceptors (Lipinski definition) is 1. The van der Waals surface area contributed by atoms with E-state index in [4.69, 9.17) is 0 Å². The number of halogens is 2. The smallest absolute Gasteiger partial charge is 0.124 e. The molecule has 1 aromatic carbocycles. The van der Waals surface area contributed by atoms with Gasteiger partial charge in [-0.2, -0.15) is 0 Å². The van der Waals surface area contributed by atoms with Gasteiger partial charge in [0.1, 0.15) is 5.82 Å². The second kappa shape index (κ2) is 5.49. The zero-order chi connectivity index (χ0) is 12.4. The van der Waals surface area contributed by atoms with Crippen LogP contribution < -0.4 is 5.32 Å². The maximum atomic E-state index is 13.0. The quantitative estimate of drug-likeness (QED) is 0.871. The van der Waals surface area contributed by atoms with Crippen molar-refractivity contribution in [3.63, 3.8) is 0 Å². The molecular weight excluding hydrogens is 281 g/mol. The molecule has 17 heavy (non-hydrogen) atoms. The van der Waals surface area contributed by atoms with Gasteiger partial charge >= 0.3 is 0 Å². The molecule has 1 aliphatic carbocycles. The van der Waals surface area contributed by atoms with Crippen LogP contribution in [-0.2, 0) is 0 Å². The van der Waals surface area contributed by atoms with E-state index in [1.807, 2.05) is 6.07 Å². The predicted molar refractivity (Wildman–Crippen MR) is 72.5 cm³/mol. The van der Waals surface area contributed by atoms with Crippen LogP contribution in [0.2, 0.25) is 0 Å². The first kappa shape index (κ1) is 13.0. The molecule has 94 valence electrons. The van der Waals surface area contributed by atoms with Crippen LogP contribution in [0, 0.1) is 11.7 Å². The third-order valence-corrected chi connectivity index (χ3v) is 4.44. The summed E-state index contributed by atoms with van der Waals surface area (Å²) in [4.78, 5) is 0. The summed E-state index contributed by atoms with van der Waals surface area (Å²) >= 11 is 3.43. The fraction of sp³-hybridized carbons (Fsp3) is 0.571. The number of hydrogen-bond donors (Lipinski definition) is 1. The molecular formula is C14H19BrFN. The van der Waals surface area contributed by atoms with Crippen LogP contribution in [0.1, 0.15) is 44.7 Å². The van der Waals surface area contributed by atoms with Crippen LogP contribution >= 0.6 is 15.9 Å². The minimum Gasteiger partial charge on any atom is -0.307 e. The largest absolute Gasteiger partial charge is 0.307 e. The summed E-state index contributed by atoms with van der Waals surface area (Å²) in [6, 6.07) is 5.77. The van der Waals surface area contributed by atoms with Crippen molar-refractivity contribution >= 4 is 15.9 Å². The van der Waals surface area contributed by atoms with E-state index in [0.717, 1.165) is 16.0 Å². The van der Waals surface area contributed by atoms with Crippen molar-refractivity contribution in [1.82, 2.24) is 5.32 Å². The van der Waals surface area contributed by atoms with Gasteiger partial charge in [-0.05, 0) is 43.4 Å². The van der Waals surface area contributed by atoms with Gasteiger partial charge in [-0.1, -0.05) is 35.3 Å². The molecule has 0 aliphatic heterocycles. The summed E-state index contributed by atoms with van der Waals surface area (Å²) in [7, 11) is 0. The highest BCUT2D eigenvalue weighted by atomic mass is 79.9. The highest BCUT2D eigenvalue weighted by Crippen LogP contribution is 2.29. The van der Waals surface area contributed by atoms with E-state index >= 15 is 0 Å². The third-order valence-electron chi connectivity index (χ3n) is 3.75. The molecule has 0 amide bonds. The van der Waals surface area contributed by atoms with Crippen LogP contribution in [-0.4, -0.2) is 6.04 Å². The van der Waals surface area contributed by atoms with E-state index in [-0.39, 0.29) is 11.9 Å². The fourth-order valence-corrected chi connectivity index (χ4v) is 3.35. The van der Waals surface area contributed by atoms with Crippen molar-refractivity contribution in [3.05, 3.63) is 34.1 Å². The van der Waals surface area contributed by atoms with Gasteiger partial charge in [-0.25, -0.2) is 4.39 Å². The molecule has 3 unspecified atom stereocenters. The van der Waals surface area contributed by atoms with Crippen molar-refractivity contribution in [2.24, 2.45) is 5.92 Å². The lowest BCUT2D eigenvalue weighted by molar-refractivity contribution is 0.387. The van der Waals surface area contributed by atoms with Crippen molar-refractivity contribution < 1.29 is 4.39 Å². The van der Waals surface area contributed by atoms with Gasteiger partial charge in [0, 0.05) is 16.6 Å². The Hall–Kier alpha value is -0.410. The molecule has 1 aliphatic rings. The Morgan fingerprint density at radius 2 is 2.18 bits per heavy atom. The van der Waals surface area contributed by atoms with Crippen LogP contribution in [0.15, 0.2) is 22.7 Å². The molecule has 1 fully saturated rings. The van der Waals surface area contributed by atoms with E-state index in [9.17, 15) is 4.39 Å². The molecule has 1 aromatic rings. The van der Waals surface area contributed by atoms with E-state index in [1.165, 1.54) is 31.4 Å². The molecule has 0 bridgehead atoms. The first-order valence-electron chi connectivity index (χ1n) is 6.29. The van der Waals surface area contributed by atoms with Gasteiger partial charge in [0.2, 0.25) is 0 Å². The molecule has 0 aromatic heterocycles. The normalized spacial score (nSPS) is 26.1. The van der Waals surface area contributed by atoms with Gasteiger partial charge in [0.25, 0.3) is 0 Å². The fourth-order valence-electron chi connectivity index (χ4n) is 2.66. The Kier molecular flexibility index (Phi) is 4.21. The summed E-state index contributed by atoms with van der Waals surface area (Å²) in [5, 5.41) is 3.65. The SMILES string of the molecule is CC(NC1CCCC1C)c1ccc(F)cc1Br. The maximum Gasteiger partial charge on any atom is 0.124 e. The minimum absolute atomic E-state index is 0.193. The van der Waals surface area contributed by atoms with Crippen LogP contribution in [0.25, 0.3) is 0 Å². The Bertz CT molecular complexity index is 394. The Labute approximate surface area is 111 Å². The zero-order valence-corrected chi connectivity index (χ0v) is 11.9. The van der Waals surface area contributed by atoms with Gasteiger partial charge in [0.05, 0.1) is 0 Å². The summed E-state index contributed by atoms with van der Waals surface area (Å²) < 4.78 is 13.9. The Balaban J connectivity index is 2.06. The highest BCUT2D eigenvalue weighted by Gasteiger charge is 2.25. The van der Waals surface area contributed by atoms with Gasteiger partial charge in [-0.15, -0.1) is 0 Å². The lowest BCUT2D eigenvalue weighted by Gasteiger charge is -2.23. The lowest BCUT2D eigenvalue weighted by Crippen LogP contribution is -2.33. The first-order valence-corrected chi connectivity index (χ1v) is 7.08. The van der Waals surface area contributed by atoms with Gasteiger partial charge in [-0.3, -0.25) is 0 Å². The third kappa shape index (κ3) is 3.08. The van der Waals surface area contributed by atoms with Crippen LogP contribution in [0.3, 0.4) is 0 Å². The van der Waals surface area contributed by atoms with Crippen molar-refractivity contribution in [3.8, 4) is 0 Å². The predicted octanol–water partition coefficient (Wildman–Crippen LogP) is 4.43. The molecule has 1 nitrogen and oxygen atoms in total. The molecule has 1 saturated carbocycles. The Morgan fingerprint density at radius 3 is 2.76 bits per heavy atom. The molecule has 0 heterocycles. The van der Waals surface area contributed by atoms with Crippen molar-refractivity contribution in [1.29, 1.82) is 0 Å². The Morgan fingerprint density at radius 1 is 1.41 bits per heavy atom. The average molecular weight is 300 g/mol. The zero-order valence-electron chi connectivity index (χ0n) is 10.3. The van der Waals surface area contributed by atoms with E-state index in [0.29, 0.717) is 6.04 Å². The number of nitrogens with one attached hydrogen (secondary N) is 1. The van der Waals surface area contributed by atoms with Crippen LogP contribution in [0.4, 0.5) is 4.39 Å². The van der Waals surface area contributed by atoms with E-state index < -0.39 is 0 Å². The molecule has 2 rings (SSSR count). The van der Waals surface area contributed by atoms with Gasteiger partial charge < -0.3 is 5.32 Å². The van der Waals surface area contributed by atoms with Crippen molar-refractivity contribution in [2.75, 3.05) is 0 Å². The molecule has 3 atom stereocenters. The average Bonchev–Trinajstić information content (AvgIpc) is 2.64. The lowest BCUT2D eigenvalue weighted by atomic mass is 10.0. The van der Waals surface area contributed by atoms with E-state index in [1.54, 1.807) is 0 Å². The summed E-state index contributed by atoms with van der Waals surface area (Å²) in [6.07, 6.45) is 3.88. The molecule has 1 N–H and O–H groups in total. The standard InChI is InChI=1S/C14H19BrFN/c1-9-4-3-5-14(9)17-10(2)12-7-6-11(16)8-13(12)15/h6-10,14,17H,3-5H2,1-2H3.